The van der Waals surface area contributed by atoms with Crippen molar-refractivity contribution in [3.05, 3.63) is 0 Å². The van der Waals surface area contributed by atoms with Crippen LogP contribution in [0.3, 0.4) is 0 Å². The predicted molar refractivity (Wildman–Crippen MR) is 63.4 cm³/mol. The first-order valence-electron chi connectivity index (χ1n) is 6.37. The molecule has 0 amide bonds. The number of nitrogens with zero attached hydrogens (tertiary/aromatic N) is 1. The Balaban J connectivity index is 1.75. The molecule has 0 unspecified atom stereocenters. The number of carbonyl (C=O) groups excluding carboxylic acids is 1. The minimum Gasteiger partial charge on any atom is -0.384 e. The van der Waals surface area contributed by atoms with Crippen molar-refractivity contribution in [3.8, 4) is 0 Å². The largest absolute Gasteiger partial charge is 0.384 e. The van der Waals surface area contributed by atoms with E-state index < -0.39 is 0 Å². The molecule has 0 bridgehead atoms. The molecule has 1 saturated heterocycles. The molecule has 16 heavy (non-hydrogen) atoms. The lowest BCUT2D eigenvalue weighted by Crippen LogP contribution is -2.40. The van der Waals surface area contributed by atoms with Crippen LogP contribution in [-0.2, 0) is 9.53 Å². The van der Waals surface area contributed by atoms with Gasteiger partial charge in [0.1, 0.15) is 5.78 Å². The van der Waals surface area contributed by atoms with E-state index >= 15 is 0 Å². The maximum Gasteiger partial charge on any atom is 0.133 e. The molecule has 0 aromatic heterocycles. The fraction of sp³-hybridized carbons (Fsp3) is 0.923. The van der Waals surface area contributed by atoms with Crippen molar-refractivity contribution in [1.82, 2.24) is 4.90 Å². The van der Waals surface area contributed by atoms with E-state index in [4.69, 9.17) is 4.74 Å². The van der Waals surface area contributed by atoms with Gasteiger partial charge in [0, 0.05) is 25.0 Å². The molecule has 3 heteroatoms. The Kier molecular flexibility index (Phi) is 3.65. The SMILES string of the molecule is COCC1(CN2CCC(C(C)=O)CC2)CC1. The van der Waals surface area contributed by atoms with Gasteiger partial charge in [0.2, 0.25) is 0 Å². The van der Waals surface area contributed by atoms with Gasteiger partial charge >= 0.3 is 0 Å². The first-order chi connectivity index (χ1) is 7.65. The second kappa shape index (κ2) is 4.84. The van der Waals surface area contributed by atoms with Gasteiger partial charge in [-0.05, 0) is 45.7 Å². The van der Waals surface area contributed by atoms with Crippen molar-refractivity contribution in [1.29, 1.82) is 0 Å². The first-order valence-corrected chi connectivity index (χ1v) is 6.37. The number of hydrogen-bond donors (Lipinski definition) is 0. The van der Waals surface area contributed by atoms with Crippen molar-refractivity contribution < 1.29 is 9.53 Å². The van der Waals surface area contributed by atoms with Gasteiger partial charge in [-0.3, -0.25) is 4.79 Å². The van der Waals surface area contributed by atoms with Crippen LogP contribution in [-0.4, -0.2) is 44.0 Å². The zero-order valence-corrected chi connectivity index (χ0v) is 10.5. The zero-order chi connectivity index (χ0) is 11.6. The molecular formula is C13H23NO2. The molecule has 2 aliphatic rings. The van der Waals surface area contributed by atoms with Gasteiger partial charge in [0.05, 0.1) is 6.61 Å². The summed E-state index contributed by atoms with van der Waals surface area (Å²) in [5, 5.41) is 0. The van der Waals surface area contributed by atoms with Crippen LogP contribution in [0.25, 0.3) is 0 Å². The van der Waals surface area contributed by atoms with Crippen LogP contribution in [0.5, 0.6) is 0 Å². The van der Waals surface area contributed by atoms with Crippen LogP contribution in [0, 0.1) is 11.3 Å². The minimum absolute atomic E-state index is 0.328. The molecule has 1 heterocycles. The molecule has 0 spiro atoms. The predicted octanol–water partition coefficient (Wildman–Crippen LogP) is 1.71. The number of methoxy groups -OCH3 is 1. The topological polar surface area (TPSA) is 29.5 Å². The van der Waals surface area contributed by atoms with Crippen LogP contribution in [0.4, 0.5) is 0 Å². The van der Waals surface area contributed by atoms with Gasteiger partial charge in [-0.2, -0.15) is 0 Å². The van der Waals surface area contributed by atoms with Crippen LogP contribution in [0.2, 0.25) is 0 Å². The summed E-state index contributed by atoms with van der Waals surface area (Å²) in [6, 6.07) is 0. The van der Waals surface area contributed by atoms with Gasteiger partial charge in [-0.1, -0.05) is 0 Å². The lowest BCUT2D eigenvalue weighted by Gasteiger charge is -2.33. The number of ketones is 1. The Morgan fingerprint density at radius 1 is 1.38 bits per heavy atom. The summed E-state index contributed by atoms with van der Waals surface area (Å²) < 4.78 is 5.29. The number of Topliss-reactive ketones (excluding diaryl/α,β-unsaturated/α-hetero) is 1. The summed E-state index contributed by atoms with van der Waals surface area (Å²) in [5.41, 5.74) is 0.456. The molecule has 2 fully saturated rings. The molecule has 1 aliphatic carbocycles. The van der Waals surface area contributed by atoms with E-state index in [1.807, 2.05) is 0 Å². The van der Waals surface area contributed by atoms with Gasteiger partial charge in [-0.15, -0.1) is 0 Å². The maximum atomic E-state index is 11.3. The zero-order valence-electron chi connectivity index (χ0n) is 10.5. The highest BCUT2D eigenvalue weighted by molar-refractivity contribution is 5.78. The summed E-state index contributed by atoms with van der Waals surface area (Å²) >= 11 is 0. The van der Waals surface area contributed by atoms with Gasteiger partial charge in [-0.25, -0.2) is 0 Å². The third-order valence-electron chi connectivity index (χ3n) is 4.13. The average molecular weight is 225 g/mol. The van der Waals surface area contributed by atoms with E-state index in [0.717, 1.165) is 32.5 Å². The van der Waals surface area contributed by atoms with Crippen molar-refractivity contribution in [2.45, 2.75) is 32.6 Å². The fourth-order valence-corrected chi connectivity index (χ4v) is 2.80. The number of rotatable bonds is 5. The molecule has 1 saturated carbocycles. The van der Waals surface area contributed by atoms with E-state index in [1.165, 1.54) is 19.4 Å². The normalized spacial score (nSPS) is 25.6. The average Bonchev–Trinajstić information content (AvgIpc) is 2.99. The van der Waals surface area contributed by atoms with Crippen molar-refractivity contribution >= 4 is 5.78 Å². The van der Waals surface area contributed by atoms with Gasteiger partial charge in [0.15, 0.2) is 0 Å². The Hall–Kier alpha value is -0.410. The summed E-state index contributed by atoms with van der Waals surface area (Å²) in [5.74, 6) is 0.700. The number of ether oxygens (including phenoxy) is 1. The minimum atomic E-state index is 0.328. The lowest BCUT2D eigenvalue weighted by atomic mass is 9.92. The summed E-state index contributed by atoms with van der Waals surface area (Å²) in [6.07, 6.45) is 4.73. The second-order valence-corrected chi connectivity index (χ2v) is 5.59. The summed E-state index contributed by atoms with van der Waals surface area (Å²) in [6.45, 7) is 5.99. The molecule has 2 rings (SSSR count). The summed E-state index contributed by atoms with van der Waals surface area (Å²) in [4.78, 5) is 13.8. The molecule has 0 aromatic carbocycles. The van der Waals surface area contributed by atoms with Crippen LogP contribution in [0.1, 0.15) is 32.6 Å². The number of carbonyl (C=O) groups is 1. The van der Waals surface area contributed by atoms with Gasteiger partial charge in [0.25, 0.3) is 0 Å². The molecule has 3 nitrogen and oxygen atoms in total. The lowest BCUT2D eigenvalue weighted by molar-refractivity contribution is -0.122. The van der Waals surface area contributed by atoms with Crippen LogP contribution < -0.4 is 0 Å². The number of likely N-dealkylation sites (tertiary alicyclic amines) is 1. The highest BCUT2D eigenvalue weighted by Crippen LogP contribution is 2.46. The van der Waals surface area contributed by atoms with Gasteiger partial charge < -0.3 is 9.64 Å². The molecule has 0 aromatic rings. The standard InChI is InChI=1S/C13H23NO2/c1-11(15)12-3-7-14(8-4-12)9-13(5-6-13)10-16-2/h12H,3-10H2,1-2H3. The van der Waals surface area contributed by atoms with Crippen molar-refractivity contribution in [3.63, 3.8) is 0 Å². The van der Waals surface area contributed by atoms with Crippen LogP contribution >= 0.6 is 0 Å². The molecule has 92 valence electrons. The monoisotopic (exact) mass is 225 g/mol. The van der Waals surface area contributed by atoms with Crippen molar-refractivity contribution in [2.75, 3.05) is 33.4 Å². The Labute approximate surface area is 98.1 Å². The first kappa shape index (κ1) is 12.1. The Bertz CT molecular complexity index is 253. The Morgan fingerprint density at radius 2 is 2.00 bits per heavy atom. The smallest absolute Gasteiger partial charge is 0.133 e. The van der Waals surface area contributed by atoms with Crippen molar-refractivity contribution in [2.24, 2.45) is 11.3 Å². The van der Waals surface area contributed by atoms with E-state index in [-0.39, 0.29) is 0 Å². The number of hydrogen-bond acceptors (Lipinski definition) is 3. The number of piperidine rings is 1. The highest BCUT2D eigenvalue weighted by atomic mass is 16.5. The molecule has 0 radical (unpaired) electrons. The fourth-order valence-electron chi connectivity index (χ4n) is 2.80. The molecule has 0 atom stereocenters. The highest BCUT2D eigenvalue weighted by Gasteiger charge is 2.44. The van der Waals surface area contributed by atoms with E-state index in [2.05, 4.69) is 4.90 Å². The quantitative estimate of drug-likeness (QED) is 0.713. The van der Waals surface area contributed by atoms with E-state index in [0.29, 0.717) is 17.1 Å². The molecular weight excluding hydrogens is 202 g/mol. The molecule has 1 aliphatic heterocycles. The summed E-state index contributed by atoms with van der Waals surface area (Å²) in [7, 11) is 1.79. The Morgan fingerprint density at radius 3 is 2.44 bits per heavy atom. The molecule has 0 N–H and O–H groups in total. The third-order valence-corrected chi connectivity index (χ3v) is 4.13. The van der Waals surface area contributed by atoms with E-state index in [1.54, 1.807) is 14.0 Å². The van der Waals surface area contributed by atoms with Crippen LogP contribution in [0.15, 0.2) is 0 Å². The third kappa shape index (κ3) is 2.83. The maximum absolute atomic E-state index is 11.3. The second-order valence-electron chi connectivity index (χ2n) is 5.59. The van der Waals surface area contributed by atoms with E-state index in [9.17, 15) is 4.79 Å².